The SMILES string of the molecule is Cc1ccc(O)c(S(=O)(=O)N2CCN(C(=O)c3ccccc3C(F)(F)F)CC2)c1. The molecule has 1 heterocycles. The molecule has 2 aromatic carbocycles. The lowest BCUT2D eigenvalue weighted by molar-refractivity contribution is -0.138. The third kappa shape index (κ3) is 4.23. The molecule has 0 unspecified atom stereocenters. The number of piperazine rings is 1. The summed E-state index contributed by atoms with van der Waals surface area (Å²) >= 11 is 0. The molecule has 156 valence electrons. The quantitative estimate of drug-likeness (QED) is 0.816. The zero-order chi connectivity index (χ0) is 21.4. The minimum absolute atomic E-state index is 0.0587. The Bertz CT molecular complexity index is 1030. The number of rotatable bonds is 3. The topological polar surface area (TPSA) is 77.9 Å². The minimum atomic E-state index is -4.67. The summed E-state index contributed by atoms with van der Waals surface area (Å²) in [5.41, 5.74) is -0.837. The Morgan fingerprint density at radius 2 is 1.66 bits per heavy atom. The number of alkyl halides is 3. The molecule has 0 aromatic heterocycles. The molecule has 0 aliphatic carbocycles. The molecule has 1 saturated heterocycles. The van der Waals surface area contributed by atoms with E-state index in [9.17, 15) is 31.5 Å². The third-order valence-corrected chi connectivity index (χ3v) is 6.65. The van der Waals surface area contributed by atoms with Crippen LogP contribution in [0.1, 0.15) is 21.5 Å². The summed E-state index contributed by atoms with van der Waals surface area (Å²) < 4.78 is 66.2. The number of hydrogen-bond donors (Lipinski definition) is 1. The van der Waals surface area contributed by atoms with Crippen LogP contribution < -0.4 is 0 Å². The fourth-order valence-electron chi connectivity index (χ4n) is 3.19. The van der Waals surface area contributed by atoms with Crippen molar-refractivity contribution in [2.24, 2.45) is 0 Å². The molecule has 10 heteroatoms. The lowest BCUT2D eigenvalue weighted by Gasteiger charge is -2.34. The van der Waals surface area contributed by atoms with Gasteiger partial charge in [0.1, 0.15) is 10.6 Å². The van der Waals surface area contributed by atoms with E-state index in [-0.39, 0.29) is 36.8 Å². The average Bonchev–Trinajstić information content (AvgIpc) is 2.68. The Morgan fingerprint density at radius 3 is 2.28 bits per heavy atom. The van der Waals surface area contributed by atoms with E-state index in [2.05, 4.69) is 0 Å². The molecular weight excluding hydrogens is 409 g/mol. The number of hydrogen-bond acceptors (Lipinski definition) is 4. The fourth-order valence-corrected chi connectivity index (χ4v) is 4.78. The van der Waals surface area contributed by atoms with Crippen molar-refractivity contribution >= 4 is 15.9 Å². The van der Waals surface area contributed by atoms with Gasteiger partial charge in [-0.15, -0.1) is 0 Å². The van der Waals surface area contributed by atoms with Crippen LogP contribution in [0.15, 0.2) is 47.4 Å². The van der Waals surface area contributed by atoms with Crippen molar-refractivity contribution in [2.45, 2.75) is 18.0 Å². The monoisotopic (exact) mass is 428 g/mol. The number of carbonyl (C=O) groups excluding carboxylic acids is 1. The van der Waals surface area contributed by atoms with E-state index in [1.165, 1.54) is 29.2 Å². The molecule has 0 bridgehead atoms. The molecule has 1 amide bonds. The molecule has 1 aliphatic rings. The van der Waals surface area contributed by atoms with Crippen LogP contribution in [-0.2, 0) is 16.2 Å². The van der Waals surface area contributed by atoms with Crippen LogP contribution in [0, 0.1) is 6.92 Å². The number of aryl methyl sites for hydroxylation is 1. The van der Waals surface area contributed by atoms with Crippen LogP contribution in [0.2, 0.25) is 0 Å². The highest BCUT2D eigenvalue weighted by Gasteiger charge is 2.37. The van der Waals surface area contributed by atoms with Gasteiger partial charge in [-0.3, -0.25) is 4.79 Å². The number of nitrogens with zero attached hydrogens (tertiary/aromatic N) is 2. The van der Waals surface area contributed by atoms with E-state index >= 15 is 0 Å². The van der Waals surface area contributed by atoms with Crippen molar-refractivity contribution in [1.29, 1.82) is 0 Å². The van der Waals surface area contributed by atoms with Gasteiger partial charge in [-0.2, -0.15) is 17.5 Å². The van der Waals surface area contributed by atoms with Gasteiger partial charge in [0.15, 0.2) is 0 Å². The van der Waals surface area contributed by atoms with E-state index in [1.54, 1.807) is 13.0 Å². The fraction of sp³-hybridized carbons (Fsp3) is 0.316. The second-order valence-electron chi connectivity index (χ2n) is 6.71. The van der Waals surface area contributed by atoms with Crippen LogP contribution in [0.5, 0.6) is 5.75 Å². The molecule has 1 N–H and O–H groups in total. The van der Waals surface area contributed by atoms with Gasteiger partial charge in [0.05, 0.1) is 11.1 Å². The zero-order valence-electron chi connectivity index (χ0n) is 15.5. The van der Waals surface area contributed by atoms with Crippen LogP contribution in [-0.4, -0.2) is 54.8 Å². The van der Waals surface area contributed by atoms with Crippen LogP contribution in [0.3, 0.4) is 0 Å². The molecular formula is C19H19F3N2O4S. The molecule has 0 spiro atoms. The summed E-state index contributed by atoms with van der Waals surface area (Å²) in [5, 5.41) is 9.92. The van der Waals surface area contributed by atoms with Gasteiger partial charge in [-0.05, 0) is 36.8 Å². The van der Waals surface area contributed by atoms with Gasteiger partial charge >= 0.3 is 6.18 Å². The maximum atomic E-state index is 13.2. The Morgan fingerprint density at radius 1 is 1.03 bits per heavy atom. The van der Waals surface area contributed by atoms with Crippen molar-refractivity contribution in [1.82, 2.24) is 9.21 Å². The summed E-state index contributed by atoms with van der Waals surface area (Å²) in [6.45, 7) is 1.39. The highest BCUT2D eigenvalue weighted by atomic mass is 32.2. The van der Waals surface area contributed by atoms with E-state index in [0.717, 1.165) is 16.4 Å². The van der Waals surface area contributed by atoms with Crippen LogP contribution >= 0.6 is 0 Å². The third-order valence-electron chi connectivity index (χ3n) is 4.72. The second kappa shape index (κ2) is 7.68. The van der Waals surface area contributed by atoms with Crippen molar-refractivity contribution < 1.29 is 31.5 Å². The molecule has 1 fully saturated rings. The average molecular weight is 428 g/mol. The Hall–Kier alpha value is -2.59. The number of benzene rings is 2. The summed E-state index contributed by atoms with van der Waals surface area (Å²) in [4.78, 5) is 13.6. The molecule has 29 heavy (non-hydrogen) atoms. The summed E-state index contributed by atoms with van der Waals surface area (Å²) in [6, 6.07) is 8.72. The molecule has 0 saturated carbocycles. The first-order valence-electron chi connectivity index (χ1n) is 8.77. The first-order valence-corrected chi connectivity index (χ1v) is 10.2. The number of halogens is 3. The predicted octanol–water partition coefficient (Wildman–Crippen LogP) is 2.87. The molecule has 2 aromatic rings. The van der Waals surface area contributed by atoms with Crippen molar-refractivity contribution in [2.75, 3.05) is 26.2 Å². The summed E-state index contributed by atoms with van der Waals surface area (Å²) in [6.07, 6.45) is -4.67. The van der Waals surface area contributed by atoms with Crippen LogP contribution in [0.25, 0.3) is 0 Å². The highest BCUT2D eigenvalue weighted by Crippen LogP contribution is 2.33. The van der Waals surface area contributed by atoms with Gasteiger partial charge < -0.3 is 10.0 Å². The number of sulfonamides is 1. The Labute approximate surface area is 166 Å². The highest BCUT2D eigenvalue weighted by molar-refractivity contribution is 7.89. The van der Waals surface area contributed by atoms with Gasteiger partial charge in [-0.1, -0.05) is 18.2 Å². The molecule has 0 radical (unpaired) electrons. The predicted molar refractivity (Wildman–Crippen MR) is 99.0 cm³/mol. The molecule has 1 aliphatic heterocycles. The normalized spacial score (nSPS) is 16.1. The summed E-state index contributed by atoms with van der Waals surface area (Å²) in [7, 11) is -4.00. The number of phenolic OH excluding ortho intramolecular Hbond substituents is 1. The van der Waals surface area contributed by atoms with Gasteiger partial charge in [0, 0.05) is 26.2 Å². The Kier molecular flexibility index (Phi) is 5.59. The maximum Gasteiger partial charge on any atom is 0.417 e. The van der Waals surface area contributed by atoms with E-state index in [4.69, 9.17) is 0 Å². The van der Waals surface area contributed by atoms with E-state index < -0.39 is 33.2 Å². The van der Waals surface area contributed by atoms with Gasteiger partial charge in [0.2, 0.25) is 10.0 Å². The molecule has 3 rings (SSSR count). The second-order valence-corrected chi connectivity index (χ2v) is 8.62. The summed E-state index contributed by atoms with van der Waals surface area (Å²) in [5.74, 6) is -1.18. The number of phenols is 1. The lowest BCUT2D eigenvalue weighted by atomic mass is 10.1. The van der Waals surface area contributed by atoms with Crippen molar-refractivity contribution in [3.8, 4) is 5.75 Å². The lowest BCUT2D eigenvalue weighted by Crippen LogP contribution is -2.50. The van der Waals surface area contributed by atoms with Gasteiger partial charge in [0.25, 0.3) is 5.91 Å². The maximum absolute atomic E-state index is 13.2. The van der Waals surface area contributed by atoms with E-state index in [0.29, 0.717) is 5.56 Å². The standard InChI is InChI=1S/C19H19F3N2O4S/c1-13-6-7-16(25)17(12-13)29(27,28)24-10-8-23(9-11-24)18(26)14-4-2-3-5-15(14)19(20,21)22/h2-7,12,25H,8-11H2,1H3. The Balaban J connectivity index is 1.78. The minimum Gasteiger partial charge on any atom is -0.507 e. The first-order chi connectivity index (χ1) is 13.5. The largest absolute Gasteiger partial charge is 0.507 e. The zero-order valence-corrected chi connectivity index (χ0v) is 16.3. The number of amides is 1. The number of carbonyl (C=O) groups is 1. The smallest absolute Gasteiger partial charge is 0.417 e. The molecule has 0 atom stereocenters. The van der Waals surface area contributed by atoms with Crippen molar-refractivity contribution in [3.63, 3.8) is 0 Å². The van der Waals surface area contributed by atoms with Gasteiger partial charge in [-0.25, -0.2) is 8.42 Å². The number of aromatic hydroxyl groups is 1. The first kappa shape index (κ1) is 21.1. The van der Waals surface area contributed by atoms with Crippen LogP contribution in [0.4, 0.5) is 13.2 Å². The molecule has 6 nitrogen and oxygen atoms in total. The van der Waals surface area contributed by atoms with Crippen molar-refractivity contribution in [3.05, 3.63) is 59.2 Å². The van der Waals surface area contributed by atoms with E-state index in [1.807, 2.05) is 0 Å².